The van der Waals surface area contributed by atoms with Crippen LogP contribution in [0.25, 0.3) is 0 Å². The van der Waals surface area contributed by atoms with Crippen LogP contribution in [0.1, 0.15) is 51.9 Å². The number of hydrogen-bond donors (Lipinski definition) is 3. The predicted molar refractivity (Wildman–Crippen MR) is 91.5 cm³/mol. The largest absolute Gasteiger partial charge is 0.332 e. The Hall–Kier alpha value is -1.08. The van der Waals surface area contributed by atoms with E-state index in [2.05, 4.69) is 10.6 Å². The monoisotopic (exact) mass is 341 g/mol. The van der Waals surface area contributed by atoms with Crippen molar-refractivity contribution in [3.63, 3.8) is 0 Å². The molecule has 6 nitrogen and oxygen atoms in total. The number of fused-ring (bicyclic) bond motifs is 1. The molecule has 0 saturated carbocycles. The molecule has 0 aromatic heterocycles. The summed E-state index contributed by atoms with van der Waals surface area (Å²) in [5.41, 5.74) is 5.76. The van der Waals surface area contributed by atoms with E-state index >= 15 is 0 Å². The van der Waals surface area contributed by atoms with Crippen LogP contribution >= 0.6 is 11.8 Å². The lowest BCUT2D eigenvalue weighted by molar-refractivity contribution is -0.137. The summed E-state index contributed by atoms with van der Waals surface area (Å²) in [6, 6.07) is -0.273. The molecule has 0 spiro atoms. The van der Waals surface area contributed by atoms with Gasteiger partial charge in [-0.3, -0.25) is 9.59 Å². The summed E-state index contributed by atoms with van der Waals surface area (Å²) in [4.78, 5) is 35.0. The minimum Gasteiger partial charge on any atom is -0.332 e. The minimum absolute atomic E-state index is 0.0767. The molecule has 0 radical (unpaired) electrons. The standard InChI is InChI=1S/C16H27N3O3S/c1-2-3-6-10(17)15(21)12(20)7-4-5-8-13-14-11(9-23-13)18-16(22)19-14/h10-11,13-14H,2-9,17H2,1H3,(H2,18,19,22)/t10-,11-,13-,14-/m0/s1. The normalized spacial score (nSPS) is 27.2. The number of unbranched alkanes of at least 4 members (excludes halogenated alkanes) is 2. The molecule has 130 valence electrons. The van der Waals surface area contributed by atoms with Gasteiger partial charge in [-0.15, -0.1) is 0 Å². The second-order valence-corrected chi connectivity index (χ2v) is 7.68. The molecule has 23 heavy (non-hydrogen) atoms. The molecule has 2 rings (SSSR count). The SMILES string of the molecule is CCCC[C@H](N)C(=O)C(=O)CCCC[C@@H]1SC[C@@H]2NC(=O)N[C@@H]21. The van der Waals surface area contributed by atoms with Crippen LogP contribution in [0, 0.1) is 0 Å². The van der Waals surface area contributed by atoms with Crippen molar-refractivity contribution in [2.24, 2.45) is 5.73 Å². The van der Waals surface area contributed by atoms with Gasteiger partial charge in [0.25, 0.3) is 0 Å². The maximum atomic E-state index is 11.9. The van der Waals surface area contributed by atoms with Crippen molar-refractivity contribution >= 4 is 29.4 Å². The number of nitrogens with one attached hydrogen (secondary N) is 2. The van der Waals surface area contributed by atoms with Crippen LogP contribution in [-0.4, -0.2) is 46.7 Å². The minimum atomic E-state index is -0.631. The molecule has 7 heteroatoms. The Labute approximate surface area is 141 Å². The number of Topliss-reactive ketones (excluding diaryl/α,β-unsaturated/α-hetero) is 2. The Balaban J connectivity index is 1.62. The van der Waals surface area contributed by atoms with Gasteiger partial charge in [-0.05, 0) is 19.3 Å². The fourth-order valence-corrected chi connectivity index (χ4v) is 4.70. The number of hydrogen-bond acceptors (Lipinski definition) is 5. The van der Waals surface area contributed by atoms with Gasteiger partial charge < -0.3 is 16.4 Å². The van der Waals surface area contributed by atoms with Crippen molar-refractivity contribution in [3.05, 3.63) is 0 Å². The third-order valence-electron chi connectivity index (χ3n) is 4.56. The lowest BCUT2D eigenvalue weighted by Gasteiger charge is -2.16. The van der Waals surface area contributed by atoms with E-state index in [0.717, 1.165) is 31.4 Å². The molecule has 2 fully saturated rings. The molecule has 2 saturated heterocycles. The van der Waals surface area contributed by atoms with Crippen molar-refractivity contribution in [2.45, 2.75) is 75.2 Å². The van der Waals surface area contributed by atoms with Gasteiger partial charge in [0.05, 0.1) is 18.1 Å². The molecule has 0 bridgehead atoms. The van der Waals surface area contributed by atoms with E-state index in [4.69, 9.17) is 5.73 Å². The Morgan fingerprint density at radius 2 is 2.09 bits per heavy atom. The predicted octanol–water partition coefficient (Wildman–Crippen LogP) is 1.37. The summed E-state index contributed by atoms with van der Waals surface area (Å²) in [6.07, 6.45) is 5.28. The van der Waals surface area contributed by atoms with Crippen LogP contribution < -0.4 is 16.4 Å². The number of nitrogens with two attached hydrogens (primary N) is 1. The van der Waals surface area contributed by atoms with Gasteiger partial charge in [-0.1, -0.05) is 26.2 Å². The molecule has 2 aliphatic heterocycles. The Bertz CT molecular complexity index is 458. The second-order valence-electron chi connectivity index (χ2n) is 6.40. The van der Waals surface area contributed by atoms with Gasteiger partial charge in [0.15, 0.2) is 5.78 Å². The van der Waals surface area contributed by atoms with E-state index in [1.807, 2.05) is 18.7 Å². The van der Waals surface area contributed by atoms with Crippen LogP contribution in [-0.2, 0) is 9.59 Å². The molecule has 2 amide bonds. The number of urea groups is 1. The first kappa shape index (κ1) is 18.3. The molecule has 4 N–H and O–H groups in total. The van der Waals surface area contributed by atoms with Gasteiger partial charge in [-0.25, -0.2) is 4.79 Å². The van der Waals surface area contributed by atoms with Crippen LogP contribution in [0.3, 0.4) is 0 Å². The lowest BCUT2D eigenvalue weighted by atomic mass is 9.98. The molecule has 0 aliphatic carbocycles. The van der Waals surface area contributed by atoms with Crippen LogP contribution in [0.2, 0.25) is 0 Å². The van der Waals surface area contributed by atoms with E-state index in [0.29, 0.717) is 18.1 Å². The van der Waals surface area contributed by atoms with Gasteiger partial charge in [0.1, 0.15) is 0 Å². The zero-order valence-corrected chi connectivity index (χ0v) is 14.5. The zero-order valence-electron chi connectivity index (χ0n) is 13.7. The lowest BCUT2D eigenvalue weighted by Crippen LogP contribution is -2.37. The molecule has 0 aromatic carbocycles. The van der Waals surface area contributed by atoms with Crippen molar-refractivity contribution in [3.8, 4) is 0 Å². The molecule has 2 aliphatic rings. The topological polar surface area (TPSA) is 101 Å². The van der Waals surface area contributed by atoms with Crippen molar-refractivity contribution in [1.82, 2.24) is 10.6 Å². The molecule has 4 atom stereocenters. The van der Waals surface area contributed by atoms with Gasteiger partial charge in [0.2, 0.25) is 5.78 Å². The van der Waals surface area contributed by atoms with Crippen LogP contribution in [0.15, 0.2) is 0 Å². The number of carbonyl (C=O) groups is 3. The highest BCUT2D eigenvalue weighted by molar-refractivity contribution is 8.00. The zero-order chi connectivity index (χ0) is 16.8. The third-order valence-corrected chi connectivity index (χ3v) is 6.07. The number of carbonyl (C=O) groups excluding carboxylic acids is 3. The maximum Gasteiger partial charge on any atom is 0.315 e. The molecule has 2 heterocycles. The summed E-state index contributed by atoms with van der Waals surface area (Å²) >= 11 is 1.87. The Morgan fingerprint density at radius 1 is 1.30 bits per heavy atom. The Kier molecular flexibility index (Phi) is 6.89. The van der Waals surface area contributed by atoms with E-state index < -0.39 is 11.8 Å². The second kappa shape index (κ2) is 8.68. The molecule has 0 aromatic rings. The first-order valence-electron chi connectivity index (χ1n) is 8.54. The number of rotatable bonds is 10. The summed E-state index contributed by atoms with van der Waals surface area (Å²) in [5.74, 6) is 0.194. The van der Waals surface area contributed by atoms with E-state index in [-0.39, 0.29) is 30.3 Å². The molecular weight excluding hydrogens is 314 g/mol. The van der Waals surface area contributed by atoms with E-state index in [1.54, 1.807) is 0 Å². The maximum absolute atomic E-state index is 11.9. The first-order chi connectivity index (χ1) is 11.0. The number of ketones is 2. The molecular formula is C16H27N3O3S. The van der Waals surface area contributed by atoms with Gasteiger partial charge >= 0.3 is 6.03 Å². The third kappa shape index (κ3) is 4.94. The van der Waals surface area contributed by atoms with Crippen molar-refractivity contribution in [1.29, 1.82) is 0 Å². The van der Waals surface area contributed by atoms with Crippen LogP contribution in [0.5, 0.6) is 0 Å². The summed E-state index contributed by atoms with van der Waals surface area (Å²) in [5, 5.41) is 6.27. The van der Waals surface area contributed by atoms with E-state index in [9.17, 15) is 14.4 Å². The summed E-state index contributed by atoms with van der Waals surface area (Å²) in [6.45, 7) is 2.03. The quantitative estimate of drug-likeness (QED) is 0.316. The van der Waals surface area contributed by atoms with Crippen molar-refractivity contribution < 1.29 is 14.4 Å². The highest BCUT2D eigenvalue weighted by Gasteiger charge is 2.42. The van der Waals surface area contributed by atoms with Gasteiger partial charge in [0, 0.05) is 17.4 Å². The average Bonchev–Trinajstić information content (AvgIpc) is 3.07. The average molecular weight is 341 g/mol. The highest BCUT2D eigenvalue weighted by atomic mass is 32.2. The van der Waals surface area contributed by atoms with Crippen molar-refractivity contribution in [2.75, 3.05) is 5.75 Å². The highest BCUT2D eigenvalue weighted by Crippen LogP contribution is 2.33. The number of amides is 2. The fourth-order valence-electron chi connectivity index (χ4n) is 3.16. The van der Waals surface area contributed by atoms with E-state index in [1.165, 1.54) is 0 Å². The summed E-state index contributed by atoms with van der Waals surface area (Å²) < 4.78 is 0. The van der Waals surface area contributed by atoms with Crippen LogP contribution in [0.4, 0.5) is 4.79 Å². The smallest absolute Gasteiger partial charge is 0.315 e. The first-order valence-corrected chi connectivity index (χ1v) is 9.59. The summed E-state index contributed by atoms with van der Waals surface area (Å²) in [7, 11) is 0. The molecule has 0 unspecified atom stereocenters. The fraction of sp³-hybridized carbons (Fsp3) is 0.812. The number of thioether (sulfide) groups is 1. The Morgan fingerprint density at radius 3 is 2.83 bits per heavy atom. The van der Waals surface area contributed by atoms with Gasteiger partial charge in [-0.2, -0.15) is 11.8 Å².